The Labute approximate surface area is 120 Å². The number of benzene rings is 1. The number of hydrogen-bond donors (Lipinski definition) is 1. The summed E-state index contributed by atoms with van der Waals surface area (Å²) in [6.45, 7) is 1.84. The minimum Gasteiger partial charge on any atom is -0.497 e. The van der Waals surface area contributed by atoms with Crippen molar-refractivity contribution < 1.29 is 9.53 Å². The molecule has 0 amide bonds. The molecule has 104 valence electrons. The van der Waals surface area contributed by atoms with Crippen LogP contribution in [-0.2, 0) is 0 Å². The van der Waals surface area contributed by atoms with Gasteiger partial charge in [0.25, 0.3) is 0 Å². The summed E-state index contributed by atoms with van der Waals surface area (Å²) in [5.74, 6) is 0.964. The van der Waals surface area contributed by atoms with Crippen molar-refractivity contribution in [1.29, 1.82) is 0 Å². The molecule has 0 bridgehead atoms. The zero-order valence-electron chi connectivity index (χ0n) is 11.2. The molecule has 1 aromatic heterocycles. The van der Waals surface area contributed by atoms with Gasteiger partial charge in [0.2, 0.25) is 0 Å². The molecule has 20 heavy (non-hydrogen) atoms. The Balaban J connectivity index is 2.04. The second kappa shape index (κ2) is 6.38. The van der Waals surface area contributed by atoms with Gasteiger partial charge >= 0.3 is 5.69 Å². The molecule has 0 saturated carbocycles. The number of H-pyrrole nitrogens is 1. The monoisotopic (exact) mass is 290 g/mol. The van der Waals surface area contributed by atoms with Crippen molar-refractivity contribution in [1.82, 2.24) is 9.97 Å². The van der Waals surface area contributed by atoms with Crippen LogP contribution in [0, 0.1) is 6.92 Å². The minimum absolute atomic E-state index is 0.00489. The summed E-state index contributed by atoms with van der Waals surface area (Å²) in [6, 6.07) is 6.95. The summed E-state index contributed by atoms with van der Waals surface area (Å²) in [5, 5.41) is 0.673. The molecule has 1 heterocycles. The zero-order valence-corrected chi connectivity index (χ0v) is 12.0. The maximum absolute atomic E-state index is 12.0. The average Bonchev–Trinajstić information content (AvgIpc) is 2.48. The van der Waals surface area contributed by atoms with E-state index in [-0.39, 0.29) is 11.5 Å². The number of ether oxygens (including phenoxy) is 1. The van der Waals surface area contributed by atoms with Gasteiger partial charge in [-0.15, -0.1) is 0 Å². The van der Waals surface area contributed by atoms with Gasteiger partial charge < -0.3 is 9.72 Å². The van der Waals surface area contributed by atoms with Gasteiger partial charge in [0, 0.05) is 11.8 Å². The first-order valence-corrected chi connectivity index (χ1v) is 6.94. The van der Waals surface area contributed by atoms with Crippen molar-refractivity contribution in [2.75, 3.05) is 12.9 Å². The number of ketones is 1. The molecule has 0 fully saturated rings. The maximum atomic E-state index is 12.0. The Morgan fingerprint density at radius 3 is 2.70 bits per heavy atom. The van der Waals surface area contributed by atoms with Crippen LogP contribution in [0.2, 0.25) is 0 Å². The number of aromatic amines is 1. The van der Waals surface area contributed by atoms with Gasteiger partial charge in [0.05, 0.1) is 17.9 Å². The number of thioether (sulfide) groups is 1. The molecular formula is C14H14N2O3S. The van der Waals surface area contributed by atoms with Crippen LogP contribution in [0.25, 0.3) is 0 Å². The van der Waals surface area contributed by atoms with Gasteiger partial charge in [-0.3, -0.25) is 4.79 Å². The third-order valence-electron chi connectivity index (χ3n) is 2.71. The molecule has 0 unspecified atom stereocenters. The molecule has 1 N–H and O–H groups in total. The fourth-order valence-electron chi connectivity index (χ4n) is 1.59. The smallest absolute Gasteiger partial charge is 0.345 e. The van der Waals surface area contributed by atoms with Crippen LogP contribution in [0.15, 0.2) is 40.3 Å². The third-order valence-corrected chi connectivity index (χ3v) is 3.83. The van der Waals surface area contributed by atoms with Crippen LogP contribution < -0.4 is 10.4 Å². The van der Waals surface area contributed by atoms with Crippen molar-refractivity contribution in [3.05, 3.63) is 52.1 Å². The molecule has 5 nitrogen and oxygen atoms in total. The number of carbonyl (C=O) groups is 1. The van der Waals surface area contributed by atoms with Crippen LogP contribution in [0.3, 0.4) is 0 Å². The van der Waals surface area contributed by atoms with E-state index in [1.807, 2.05) is 6.92 Å². The topological polar surface area (TPSA) is 72.1 Å². The molecule has 0 atom stereocenters. The first-order chi connectivity index (χ1) is 9.60. The summed E-state index contributed by atoms with van der Waals surface area (Å²) < 4.78 is 5.04. The van der Waals surface area contributed by atoms with Gasteiger partial charge in [-0.1, -0.05) is 11.8 Å². The fourth-order valence-corrected chi connectivity index (χ4v) is 2.47. The predicted octanol–water partition coefficient (Wildman–Crippen LogP) is 2.06. The Bertz CT molecular complexity index is 665. The van der Waals surface area contributed by atoms with Crippen LogP contribution >= 0.6 is 11.8 Å². The van der Waals surface area contributed by atoms with Crippen LogP contribution in [0.5, 0.6) is 5.75 Å². The van der Waals surface area contributed by atoms with Gasteiger partial charge in [0.15, 0.2) is 5.78 Å². The number of aryl methyl sites for hydroxylation is 1. The number of Topliss-reactive ketones (excluding diaryl/α,β-unsaturated/α-hetero) is 1. The lowest BCUT2D eigenvalue weighted by Crippen LogP contribution is -2.12. The number of nitrogens with zero attached hydrogens (tertiary/aromatic N) is 1. The molecule has 0 aliphatic heterocycles. The lowest BCUT2D eigenvalue weighted by atomic mass is 10.1. The molecule has 0 saturated heterocycles. The Hall–Kier alpha value is -2.08. The van der Waals surface area contributed by atoms with Crippen molar-refractivity contribution in [3.8, 4) is 5.75 Å². The van der Waals surface area contributed by atoms with Crippen LogP contribution in [-0.4, -0.2) is 28.6 Å². The van der Waals surface area contributed by atoms with Crippen LogP contribution in [0.1, 0.15) is 15.9 Å². The lowest BCUT2D eigenvalue weighted by Gasteiger charge is -2.05. The highest BCUT2D eigenvalue weighted by Gasteiger charge is 2.09. The van der Waals surface area contributed by atoms with Crippen molar-refractivity contribution in [2.24, 2.45) is 0 Å². The molecule has 2 aromatic rings. The molecular weight excluding hydrogens is 276 g/mol. The highest BCUT2D eigenvalue weighted by atomic mass is 32.2. The predicted molar refractivity (Wildman–Crippen MR) is 77.6 cm³/mol. The SMILES string of the molecule is COc1ccc(C(=O)CSc2[nH]c(=O)ncc2C)cc1. The number of hydrogen-bond acceptors (Lipinski definition) is 5. The normalized spacial score (nSPS) is 10.3. The van der Waals surface area contributed by atoms with Gasteiger partial charge in [-0.25, -0.2) is 9.78 Å². The van der Waals surface area contributed by atoms with E-state index < -0.39 is 5.69 Å². The standard InChI is InChI=1S/C14H14N2O3S/c1-9-7-15-14(18)16-13(9)20-8-12(17)10-3-5-11(19-2)6-4-10/h3-7H,8H2,1-2H3,(H,15,16,18). The highest BCUT2D eigenvalue weighted by molar-refractivity contribution is 8.00. The molecule has 0 aliphatic rings. The van der Waals surface area contributed by atoms with E-state index in [1.54, 1.807) is 31.4 Å². The van der Waals surface area contributed by atoms with E-state index in [0.29, 0.717) is 16.3 Å². The molecule has 2 rings (SSSR count). The minimum atomic E-state index is -0.407. The zero-order chi connectivity index (χ0) is 14.5. The second-order valence-electron chi connectivity index (χ2n) is 4.14. The average molecular weight is 290 g/mol. The first-order valence-electron chi connectivity index (χ1n) is 5.96. The summed E-state index contributed by atoms with van der Waals surface area (Å²) in [4.78, 5) is 29.4. The summed E-state index contributed by atoms with van der Waals surface area (Å²) in [5.41, 5.74) is 1.06. The largest absolute Gasteiger partial charge is 0.497 e. The Morgan fingerprint density at radius 2 is 2.05 bits per heavy atom. The van der Waals surface area contributed by atoms with Gasteiger partial charge in [-0.05, 0) is 36.8 Å². The Kier molecular flexibility index (Phi) is 4.57. The van der Waals surface area contributed by atoms with E-state index in [4.69, 9.17) is 4.74 Å². The molecule has 1 aromatic carbocycles. The van der Waals surface area contributed by atoms with E-state index in [2.05, 4.69) is 9.97 Å². The van der Waals surface area contributed by atoms with Gasteiger partial charge in [-0.2, -0.15) is 0 Å². The molecule has 6 heteroatoms. The summed E-state index contributed by atoms with van der Waals surface area (Å²) in [7, 11) is 1.58. The summed E-state index contributed by atoms with van der Waals surface area (Å²) in [6.07, 6.45) is 1.50. The Morgan fingerprint density at radius 1 is 1.35 bits per heavy atom. The van der Waals surface area contributed by atoms with Crippen molar-refractivity contribution in [3.63, 3.8) is 0 Å². The maximum Gasteiger partial charge on any atom is 0.345 e. The quantitative estimate of drug-likeness (QED) is 0.518. The number of rotatable bonds is 5. The molecule has 0 radical (unpaired) electrons. The number of nitrogens with one attached hydrogen (secondary N) is 1. The van der Waals surface area contributed by atoms with E-state index >= 15 is 0 Å². The van der Waals surface area contributed by atoms with E-state index in [0.717, 1.165) is 5.56 Å². The number of carbonyl (C=O) groups excluding carboxylic acids is 1. The molecule has 0 aliphatic carbocycles. The molecule has 0 spiro atoms. The number of aromatic nitrogens is 2. The third kappa shape index (κ3) is 3.48. The highest BCUT2D eigenvalue weighted by Crippen LogP contribution is 2.19. The van der Waals surface area contributed by atoms with Crippen molar-refractivity contribution >= 4 is 17.5 Å². The van der Waals surface area contributed by atoms with E-state index in [9.17, 15) is 9.59 Å². The first kappa shape index (κ1) is 14.3. The fraction of sp³-hybridized carbons (Fsp3) is 0.214. The number of methoxy groups -OCH3 is 1. The van der Waals surface area contributed by atoms with Crippen LogP contribution in [0.4, 0.5) is 0 Å². The van der Waals surface area contributed by atoms with E-state index in [1.165, 1.54) is 18.0 Å². The second-order valence-corrected chi connectivity index (χ2v) is 5.13. The lowest BCUT2D eigenvalue weighted by molar-refractivity contribution is 0.102. The summed E-state index contributed by atoms with van der Waals surface area (Å²) >= 11 is 1.30. The van der Waals surface area contributed by atoms with Gasteiger partial charge in [0.1, 0.15) is 5.75 Å². The van der Waals surface area contributed by atoms with Crippen molar-refractivity contribution in [2.45, 2.75) is 11.9 Å².